The largest absolute Gasteiger partial charge is 0.507 e. The molecule has 1 amide bonds. The van der Waals surface area contributed by atoms with Gasteiger partial charge in [0.25, 0.3) is 0 Å². The smallest absolute Gasteiger partial charge is 0.341 e. The van der Waals surface area contributed by atoms with E-state index in [-0.39, 0.29) is 30.2 Å². The molecule has 0 aliphatic rings. The number of aromatic hydroxyl groups is 1. The Bertz CT molecular complexity index is 537. The SMILES string of the molecule is COC(=O)c1ccc(NC(C)=O)c(CC=CCO)c1O. The van der Waals surface area contributed by atoms with Crippen molar-refractivity contribution in [2.45, 2.75) is 13.3 Å². The van der Waals surface area contributed by atoms with Gasteiger partial charge in [-0.3, -0.25) is 4.79 Å². The molecule has 108 valence electrons. The Morgan fingerprint density at radius 3 is 2.60 bits per heavy atom. The third-order valence-electron chi connectivity index (χ3n) is 2.59. The van der Waals surface area contributed by atoms with Crippen molar-refractivity contribution < 1.29 is 24.5 Å². The fourth-order valence-electron chi connectivity index (χ4n) is 1.70. The lowest BCUT2D eigenvalue weighted by Crippen LogP contribution is -2.10. The van der Waals surface area contributed by atoms with E-state index in [1.807, 2.05) is 0 Å². The molecule has 0 bridgehead atoms. The number of hydrogen-bond donors (Lipinski definition) is 3. The van der Waals surface area contributed by atoms with Crippen LogP contribution in [0.2, 0.25) is 0 Å². The molecule has 0 aromatic heterocycles. The predicted octanol–water partition coefficient (Wildman–Crippen LogP) is 1.23. The second-order valence-corrected chi connectivity index (χ2v) is 4.02. The van der Waals surface area contributed by atoms with Gasteiger partial charge in [-0.05, 0) is 18.6 Å². The van der Waals surface area contributed by atoms with E-state index in [4.69, 9.17) is 5.11 Å². The fraction of sp³-hybridized carbons (Fsp3) is 0.286. The zero-order valence-corrected chi connectivity index (χ0v) is 11.3. The maximum Gasteiger partial charge on any atom is 0.341 e. The molecule has 3 N–H and O–H groups in total. The lowest BCUT2D eigenvalue weighted by Gasteiger charge is -2.13. The summed E-state index contributed by atoms with van der Waals surface area (Å²) in [7, 11) is 1.22. The summed E-state index contributed by atoms with van der Waals surface area (Å²) in [6, 6.07) is 2.90. The van der Waals surface area contributed by atoms with E-state index in [2.05, 4.69) is 10.1 Å². The molecule has 20 heavy (non-hydrogen) atoms. The summed E-state index contributed by atoms with van der Waals surface area (Å²) in [5, 5.41) is 21.4. The van der Waals surface area contributed by atoms with Crippen LogP contribution in [-0.2, 0) is 16.0 Å². The first-order valence-corrected chi connectivity index (χ1v) is 5.97. The van der Waals surface area contributed by atoms with Crippen LogP contribution >= 0.6 is 0 Å². The standard InChI is InChI=1S/C14H17NO5/c1-9(17)15-12-7-6-11(14(19)20-2)13(18)10(12)5-3-4-8-16/h3-4,6-7,16,18H,5,8H2,1-2H3,(H,15,17). The predicted molar refractivity (Wildman–Crippen MR) is 73.7 cm³/mol. The second-order valence-electron chi connectivity index (χ2n) is 4.02. The van der Waals surface area contributed by atoms with Gasteiger partial charge in [-0.15, -0.1) is 0 Å². The number of carbonyl (C=O) groups is 2. The summed E-state index contributed by atoms with van der Waals surface area (Å²) in [4.78, 5) is 22.7. The van der Waals surface area contributed by atoms with Gasteiger partial charge in [0.05, 0.1) is 13.7 Å². The Morgan fingerprint density at radius 2 is 2.05 bits per heavy atom. The van der Waals surface area contributed by atoms with Crippen LogP contribution in [0, 0.1) is 0 Å². The van der Waals surface area contributed by atoms with Crippen LogP contribution < -0.4 is 5.32 Å². The highest BCUT2D eigenvalue weighted by Crippen LogP contribution is 2.31. The molecule has 6 nitrogen and oxygen atoms in total. The number of hydrogen-bond acceptors (Lipinski definition) is 5. The molecule has 0 aliphatic carbocycles. The molecular weight excluding hydrogens is 262 g/mol. The van der Waals surface area contributed by atoms with Crippen LogP contribution in [-0.4, -0.2) is 35.8 Å². The minimum atomic E-state index is -0.663. The first kappa shape index (κ1) is 15.7. The Morgan fingerprint density at radius 1 is 1.35 bits per heavy atom. The number of benzene rings is 1. The Hall–Kier alpha value is -2.34. The minimum absolute atomic E-state index is 0.0222. The zero-order valence-electron chi connectivity index (χ0n) is 11.3. The number of rotatable bonds is 5. The molecule has 0 fully saturated rings. The van der Waals surface area contributed by atoms with Crippen molar-refractivity contribution in [2.75, 3.05) is 19.0 Å². The number of anilines is 1. The van der Waals surface area contributed by atoms with E-state index < -0.39 is 5.97 Å². The van der Waals surface area contributed by atoms with Crippen LogP contribution in [0.4, 0.5) is 5.69 Å². The summed E-state index contributed by atoms with van der Waals surface area (Å²) in [5.74, 6) is -1.20. The number of methoxy groups -OCH3 is 1. The first-order chi connectivity index (χ1) is 9.51. The van der Waals surface area contributed by atoms with E-state index in [1.165, 1.54) is 32.2 Å². The van der Waals surface area contributed by atoms with Gasteiger partial charge in [-0.2, -0.15) is 0 Å². The zero-order chi connectivity index (χ0) is 15.1. The lowest BCUT2D eigenvalue weighted by molar-refractivity contribution is -0.114. The number of ether oxygens (including phenoxy) is 1. The molecule has 0 atom stereocenters. The molecule has 1 aromatic rings. The average Bonchev–Trinajstić information content (AvgIpc) is 2.41. The quantitative estimate of drug-likeness (QED) is 0.556. The molecule has 1 aromatic carbocycles. The van der Waals surface area contributed by atoms with Gasteiger partial charge in [0.15, 0.2) is 0 Å². The number of aliphatic hydroxyl groups is 1. The van der Waals surface area contributed by atoms with Crippen LogP contribution in [0.3, 0.4) is 0 Å². The molecule has 0 aliphatic heterocycles. The van der Waals surface area contributed by atoms with Gasteiger partial charge in [0.2, 0.25) is 5.91 Å². The number of nitrogens with one attached hydrogen (secondary N) is 1. The van der Waals surface area contributed by atoms with Gasteiger partial charge in [0, 0.05) is 18.2 Å². The number of carbonyl (C=O) groups excluding carboxylic acids is 2. The highest BCUT2D eigenvalue weighted by atomic mass is 16.5. The number of esters is 1. The number of amides is 1. The molecule has 1 rings (SSSR count). The maximum atomic E-state index is 11.5. The van der Waals surface area contributed by atoms with Crippen LogP contribution in [0.1, 0.15) is 22.8 Å². The van der Waals surface area contributed by atoms with Crippen LogP contribution in [0.15, 0.2) is 24.3 Å². The molecule has 6 heteroatoms. The average molecular weight is 279 g/mol. The van der Waals surface area contributed by atoms with Crippen molar-refractivity contribution in [3.05, 3.63) is 35.4 Å². The molecule has 0 saturated carbocycles. The number of phenolic OH excluding ortho intramolecular Hbond substituents is 1. The topological polar surface area (TPSA) is 95.9 Å². The highest BCUT2D eigenvalue weighted by molar-refractivity contribution is 5.96. The summed E-state index contributed by atoms with van der Waals surface area (Å²) in [6.07, 6.45) is 3.38. The highest BCUT2D eigenvalue weighted by Gasteiger charge is 2.17. The lowest BCUT2D eigenvalue weighted by atomic mass is 10.0. The minimum Gasteiger partial charge on any atom is -0.507 e. The molecule has 0 radical (unpaired) electrons. The van der Waals surface area contributed by atoms with Crippen LogP contribution in [0.25, 0.3) is 0 Å². The molecule has 0 spiro atoms. The molecule has 0 heterocycles. The van der Waals surface area contributed by atoms with E-state index in [1.54, 1.807) is 6.08 Å². The van der Waals surface area contributed by atoms with Crippen molar-refractivity contribution >= 4 is 17.6 Å². The van der Waals surface area contributed by atoms with E-state index in [0.29, 0.717) is 11.3 Å². The van der Waals surface area contributed by atoms with Crippen molar-refractivity contribution in [3.63, 3.8) is 0 Å². The molecule has 0 unspecified atom stereocenters. The van der Waals surface area contributed by atoms with Gasteiger partial charge in [-0.25, -0.2) is 4.79 Å². The van der Waals surface area contributed by atoms with E-state index in [0.717, 1.165) is 0 Å². The normalized spacial score (nSPS) is 10.6. The van der Waals surface area contributed by atoms with Crippen LogP contribution in [0.5, 0.6) is 5.75 Å². The van der Waals surface area contributed by atoms with Gasteiger partial charge in [0.1, 0.15) is 11.3 Å². The Balaban J connectivity index is 3.25. The molecule has 0 saturated heterocycles. The van der Waals surface area contributed by atoms with E-state index >= 15 is 0 Å². The van der Waals surface area contributed by atoms with Gasteiger partial charge >= 0.3 is 5.97 Å². The third-order valence-corrected chi connectivity index (χ3v) is 2.59. The summed E-state index contributed by atoms with van der Waals surface area (Å²) in [5.41, 5.74) is 0.812. The number of phenols is 1. The molecular formula is C14H17NO5. The summed E-state index contributed by atoms with van der Waals surface area (Å²) >= 11 is 0. The summed E-state index contributed by atoms with van der Waals surface area (Å²) < 4.78 is 4.57. The van der Waals surface area contributed by atoms with Crippen molar-refractivity contribution in [3.8, 4) is 5.75 Å². The van der Waals surface area contributed by atoms with E-state index in [9.17, 15) is 14.7 Å². The first-order valence-electron chi connectivity index (χ1n) is 5.97. The second kappa shape index (κ2) is 7.30. The van der Waals surface area contributed by atoms with Crippen molar-refractivity contribution in [2.24, 2.45) is 0 Å². The van der Waals surface area contributed by atoms with Gasteiger partial charge in [-0.1, -0.05) is 12.2 Å². The maximum absolute atomic E-state index is 11.5. The Labute approximate surface area is 116 Å². The van der Waals surface area contributed by atoms with Crippen molar-refractivity contribution in [1.82, 2.24) is 0 Å². The summed E-state index contributed by atoms with van der Waals surface area (Å²) in [6.45, 7) is 1.21. The van der Waals surface area contributed by atoms with Crippen molar-refractivity contribution in [1.29, 1.82) is 0 Å². The monoisotopic (exact) mass is 279 g/mol. The van der Waals surface area contributed by atoms with Gasteiger partial charge < -0.3 is 20.3 Å². The Kier molecular flexibility index (Phi) is 5.74. The number of allylic oxidation sites excluding steroid dienone is 1. The third kappa shape index (κ3) is 3.83. The fourth-order valence-corrected chi connectivity index (χ4v) is 1.70. The number of aliphatic hydroxyl groups excluding tert-OH is 1.